The van der Waals surface area contributed by atoms with Crippen LogP contribution in [0.15, 0.2) is 66.8 Å². The number of rotatable bonds is 2. The molecule has 2 aromatic carbocycles. The zero-order valence-electron chi connectivity index (χ0n) is 10.8. The van der Waals surface area contributed by atoms with Gasteiger partial charge in [-0.3, -0.25) is 0 Å². The molecule has 0 N–H and O–H groups in total. The molecule has 18 heavy (non-hydrogen) atoms. The van der Waals surface area contributed by atoms with Crippen LogP contribution in [0.1, 0.15) is 25.3 Å². The summed E-state index contributed by atoms with van der Waals surface area (Å²) in [6.45, 7) is 2.28. The minimum atomic E-state index is 0.176. The highest BCUT2D eigenvalue weighted by molar-refractivity contribution is 5.87. The predicted octanol–water partition coefficient (Wildman–Crippen LogP) is 5.00. The highest BCUT2D eigenvalue weighted by atomic mass is 14.3. The van der Waals surface area contributed by atoms with E-state index in [0.717, 1.165) is 12.8 Å². The SMILES string of the molecule is CCC1(c2cccc3ccccc23)C=CC=CC1. The molecule has 1 unspecified atom stereocenters. The zero-order chi connectivity index (χ0) is 12.4. The molecule has 0 radical (unpaired) electrons. The first-order chi connectivity index (χ1) is 8.86. The molecule has 0 saturated carbocycles. The topological polar surface area (TPSA) is 0 Å². The molecule has 0 heteroatoms. The maximum Gasteiger partial charge on any atom is 0.0173 e. The van der Waals surface area contributed by atoms with E-state index in [-0.39, 0.29) is 5.41 Å². The largest absolute Gasteiger partial charge is 0.0833 e. The van der Waals surface area contributed by atoms with Crippen LogP contribution in [0.25, 0.3) is 10.8 Å². The van der Waals surface area contributed by atoms with E-state index in [1.165, 1.54) is 16.3 Å². The first-order valence-electron chi connectivity index (χ1n) is 6.68. The maximum absolute atomic E-state index is 2.37. The average molecular weight is 234 g/mol. The summed E-state index contributed by atoms with van der Waals surface area (Å²) in [4.78, 5) is 0. The van der Waals surface area contributed by atoms with E-state index in [2.05, 4.69) is 73.7 Å². The minimum absolute atomic E-state index is 0.176. The summed E-state index contributed by atoms with van der Waals surface area (Å²) in [5, 5.41) is 2.73. The van der Waals surface area contributed by atoms with E-state index in [1.807, 2.05) is 0 Å². The number of allylic oxidation sites excluding steroid dienone is 4. The Hall–Kier alpha value is -1.82. The van der Waals surface area contributed by atoms with Crippen molar-refractivity contribution in [1.29, 1.82) is 0 Å². The number of hydrogen-bond acceptors (Lipinski definition) is 0. The highest BCUT2D eigenvalue weighted by Gasteiger charge is 2.28. The van der Waals surface area contributed by atoms with E-state index in [9.17, 15) is 0 Å². The number of benzene rings is 2. The van der Waals surface area contributed by atoms with Gasteiger partial charge in [0.15, 0.2) is 0 Å². The Kier molecular flexibility index (Phi) is 2.79. The van der Waals surface area contributed by atoms with Crippen molar-refractivity contribution < 1.29 is 0 Å². The van der Waals surface area contributed by atoms with E-state index < -0.39 is 0 Å². The van der Waals surface area contributed by atoms with Gasteiger partial charge in [0, 0.05) is 5.41 Å². The lowest BCUT2D eigenvalue weighted by molar-refractivity contribution is 0.522. The van der Waals surface area contributed by atoms with Gasteiger partial charge in [0.25, 0.3) is 0 Å². The van der Waals surface area contributed by atoms with Gasteiger partial charge in [-0.2, -0.15) is 0 Å². The molecule has 1 aliphatic carbocycles. The molecule has 1 aliphatic rings. The molecular weight excluding hydrogens is 216 g/mol. The van der Waals surface area contributed by atoms with Crippen molar-refractivity contribution >= 4 is 10.8 Å². The molecule has 0 saturated heterocycles. The van der Waals surface area contributed by atoms with E-state index in [1.54, 1.807) is 0 Å². The Labute approximate surface area is 109 Å². The summed E-state index contributed by atoms with van der Waals surface area (Å²) in [6, 6.07) is 15.4. The third-order valence-corrected chi connectivity index (χ3v) is 4.10. The van der Waals surface area contributed by atoms with Crippen LogP contribution >= 0.6 is 0 Å². The maximum atomic E-state index is 2.37. The van der Waals surface area contributed by atoms with E-state index in [0.29, 0.717) is 0 Å². The second kappa shape index (κ2) is 4.45. The van der Waals surface area contributed by atoms with Gasteiger partial charge < -0.3 is 0 Å². The second-order valence-corrected chi connectivity index (χ2v) is 5.03. The molecule has 0 spiro atoms. The van der Waals surface area contributed by atoms with Crippen LogP contribution in [0.2, 0.25) is 0 Å². The third-order valence-electron chi connectivity index (χ3n) is 4.10. The summed E-state index contributed by atoms with van der Waals surface area (Å²) in [5.74, 6) is 0. The van der Waals surface area contributed by atoms with Crippen LogP contribution in [-0.2, 0) is 5.41 Å². The highest BCUT2D eigenvalue weighted by Crippen LogP contribution is 2.39. The van der Waals surface area contributed by atoms with Gasteiger partial charge in [0.05, 0.1) is 0 Å². The standard InChI is InChI=1S/C18H18/c1-2-18(13-6-3-7-14-18)17-12-8-10-15-9-4-5-11-16(15)17/h3-13H,2,14H2,1H3. The Morgan fingerprint density at radius 3 is 2.61 bits per heavy atom. The van der Waals surface area contributed by atoms with Crippen molar-refractivity contribution in [3.63, 3.8) is 0 Å². The molecule has 3 rings (SSSR count). The van der Waals surface area contributed by atoms with Gasteiger partial charge >= 0.3 is 0 Å². The lowest BCUT2D eigenvalue weighted by Gasteiger charge is -2.32. The average Bonchev–Trinajstić information content (AvgIpc) is 2.47. The van der Waals surface area contributed by atoms with Crippen LogP contribution < -0.4 is 0 Å². The van der Waals surface area contributed by atoms with Crippen LogP contribution in [-0.4, -0.2) is 0 Å². The van der Waals surface area contributed by atoms with Crippen molar-refractivity contribution in [3.05, 3.63) is 72.3 Å². The van der Waals surface area contributed by atoms with E-state index in [4.69, 9.17) is 0 Å². The van der Waals surface area contributed by atoms with Gasteiger partial charge in [0.2, 0.25) is 0 Å². The first kappa shape index (κ1) is 11.3. The summed E-state index contributed by atoms with van der Waals surface area (Å²) in [7, 11) is 0. The molecule has 0 amide bonds. The van der Waals surface area contributed by atoms with Gasteiger partial charge in [-0.15, -0.1) is 0 Å². The van der Waals surface area contributed by atoms with Gasteiger partial charge in [-0.05, 0) is 29.2 Å². The van der Waals surface area contributed by atoms with Crippen molar-refractivity contribution in [2.75, 3.05) is 0 Å². The molecular formula is C18H18. The van der Waals surface area contributed by atoms with Gasteiger partial charge in [-0.1, -0.05) is 73.7 Å². The lowest BCUT2D eigenvalue weighted by Crippen LogP contribution is -2.23. The summed E-state index contributed by atoms with van der Waals surface area (Å²) in [6.07, 6.45) is 11.2. The molecule has 2 aromatic rings. The molecule has 1 atom stereocenters. The molecule has 0 nitrogen and oxygen atoms in total. The smallest absolute Gasteiger partial charge is 0.0173 e. The zero-order valence-corrected chi connectivity index (χ0v) is 10.8. The fourth-order valence-corrected chi connectivity index (χ4v) is 2.98. The van der Waals surface area contributed by atoms with Crippen LogP contribution in [0.4, 0.5) is 0 Å². The number of fused-ring (bicyclic) bond motifs is 1. The fourth-order valence-electron chi connectivity index (χ4n) is 2.98. The van der Waals surface area contributed by atoms with Crippen molar-refractivity contribution in [2.24, 2.45) is 0 Å². The molecule has 0 fully saturated rings. The molecule has 0 aromatic heterocycles. The van der Waals surface area contributed by atoms with Gasteiger partial charge in [0.1, 0.15) is 0 Å². The minimum Gasteiger partial charge on any atom is -0.0833 e. The van der Waals surface area contributed by atoms with E-state index >= 15 is 0 Å². The molecule has 0 heterocycles. The van der Waals surface area contributed by atoms with Crippen molar-refractivity contribution in [1.82, 2.24) is 0 Å². The Bertz CT molecular complexity index is 613. The third kappa shape index (κ3) is 1.69. The van der Waals surface area contributed by atoms with Crippen LogP contribution in [0, 0.1) is 0 Å². The summed E-state index contributed by atoms with van der Waals surface area (Å²) < 4.78 is 0. The fraction of sp³-hybridized carbons (Fsp3) is 0.222. The second-order valence-electron chi connectivity index (χ2n) is 5.03. The molecule has 0 aliphatic heterocycles. The van der Waals surface area contributed by atoms with Crippen molar-refractivity contribution in [3.8, 4) is 0 Å². The first-order valence-corrected chi connectivity index (χ1v) is 6.68. The van der Waals surface area contributed by atoms with Gasteiger partial charge in [-0.25, -0.2) is 0 Å². The van der Waals surface area contributed by atoms with Crippen LogP contribution in [0.3, 0.4) is 0 Å². The summed E-state index contributed by atoms with van der Waals surface area (Å²) in [5.41, 5.74) is 1.64. The predicted molar refractivity (Wildman–Crippen MR) is 78.8 cm³/mol. The Morgan fingerprint density at radius 2 is 1.83 bits per heavy atom. The number of hydrogen-bond donors (Lipinski definition) is 0. The quantitative estimate of drug-likeness (QED) is 0.685. The van der Waals surface area contributed by atoms with Crippen molar-refractivity contribution in [2.45, 2.75) is 25.2 Å². The molecule has 0 bridgehead atoms. The molecule has 90 valence electrons. The lowest BCUT2D eigenvalue weighted by atomic mass is 9.72. The Morgan fingerprint density at radius 1 is 1.00 bits per heavy atom. The summed E-state index contributed by atoms with van der Waals surface area (Å²) >= 11 is 0. The van der Waals surface area contributed by atoms with Crippen LogP contribution in [0.5, 0.6) is 0 Å². The normalized spacial score (nSPS) is 22.5. The Balaban J connectivity index is 2.24. The monoisotopic (exact) mass is 234 g/mol.